The van der Waals surface area contributed by atoms with E-state index in [2.05, 4.69) is 30.3 Å². The molecule has 0 fully saturated rings. The highest BCUT2D eigenvalue weighted by Gasteiger charge is 2.20. The highest BCUT2D eigenvalue weighted by Crippen LogP contribution is 2.45. The molecule has 3 rings (SSSR count). The van der Waals surface area contributed by atoms with Gasteiger partial charge in [-0.2, -0.15) is 0 Å². The second-order valence-electron chi connectivity index (χ2n) is 4.37. The Bertz CT molecular complexity index is 649. The molecule has 1 heterocycles. The molecule has 2 aromatic carbocycles. The molecule has 1 N–H and O–H groups in total. The summed E-state index contributed by atoms with van der Waals surface area (Å²) in [6, 6.07) is 14.3. The number of benzene rings is 2. The Morgan fingerprint density at radius 1 is 1.05 bits per heavy atom. The number of hydrogen-bond donors (Lipinski definition) is 1. The zero-order valence-corrected chi connectivity index (χ0v) is 11.8. The molecule has 3 heteroatoms. The summed E-state index contributed by atoms with van der Waals surface area (Å²) in [5.41, 5.74) is 3.54. The molecular formula is C16H13ClOS. The molecule has 0 spiro atoms. The Kier molecular flexibility index (Phi) is 3.65. The minimum Gasteiger partial charge on any atom is -0.396 e. The van der Waals surface area contributed by atoms with Crippen molar-refractivity contribution < 1.29 is 5.11 Å². The second-order valence-corrected chi connectivity index (χ2v) is 5.89. The summed E-state index contributed by atoms with van der Waals surface area (Å²) in [6.07, 6.45) is 2.74. The van der Waals surface area contributed by atoms with E-state index in [-0.39, 0.29) is 6.61 Å². The predicted molar refractivity (Wildman–Crippen MR) is 80.8 cm³/mol. The molecule has 0 saturated heterocycles. The zero-order valence-electron chi connectivity index (χ0n) is 10.3. The molecular weight excluding hydrogens is 276 g/mol. The summed E-state index contributed by atoms with van der Waals surface area (Å²) in [6.45, 7) is 0.161. The topological polar surface area (TPSA) is 20.2 Å². The SMILES string of the molecule is OCC/C=C1/c2ccccc2Sc2ccc(Cl)cc21. The second kappa shape index (κ2) is 5.41. The van der Waals surface area contributed by atoms with Gasteiger partial charge in [-0.05, 0) is 47.4 Å². The molecule has 1 aliphatic heterocycles. The van der Waals surface area contributed by atoms with Crippen molar-refractivity contribution in [2.45, 2.75) is 16.2 Å². The van der Waals surface area contributed by atoms with Crippen LogP contribution in [0.2, 0.25) is 5.02 Å². The smallest absolute Gasteiger partial charge is 0.0465 e. The van der Waals surface area contributed by atoms with Crippen molar-refractivity contribution in [1.82, 2.24) is 0 Å². The predicted octanol–water partition coefficient (Wildman–Crippen LogP) is 4.62. The minimum absolute atomic E-state index is 0.161. The fourth-order valence-electron chi connectivity index (χ4n) is 2.27. The van der Waals surface area contributed by atoms with Gasteiger partial charge in [0.15, 0.2) is 0 Å². The molecule has 0 bridgehead atoms. The van der Waals surface area contributed by atoms with Gasteiger partial charge in [-0.3, -0.25) is 0 Å². The number of halogens is 1. The van der Waals surface area contributed by atoms with Gasteiger partial charge in [0.1, 0.15) is 0 Å². The van der Waals surface area contributed by atoms with Crippen molar-refractivity contribution in [3.63, 3.8) is 0 Å². The van der Waals surface area contributed by atoms with Gasteiger partial charge in [-0.1, -0.05) is 47.6 Å². The minimum atomic E-state index is 0.161. The average Bonchev–Trinajstić information content (AvgIpc) is 2.44. The van der Waals surface area contributed by atoms with E-state index >= 15 is 0 Å². The molecule has 0 amide bonds. The first-order valence-electron chi connectivity index (χ1n) is 6.18. The molecule has 96 valence electrons. The highest BCUT2D eigenvalue weighted by molar-refractivity contribution is 7.99. The molecule has 19 heavy (non-hydrogen) atoms. The Morgan fingerprint density at radius 2 is 1.84 bits per heavy atom. The Hall–Kier alpha value is -1.22. The van der Waals surface area contributed by atoms with Gasteiger partial charge in [0, 0.05) is 21.4 Å². The fourth-order valence-corrected chi connectivity index (χ4v) is 3.53. The van der Waals surface area contributed by atoms with Gasteiger partial charge in [0.05, 0.1) is 0 Å². The van der Waals surface area contributed by atoms with E-state index in [1.165, 1.54) is 20.9 Å². The number of aliphatic hydroxyl groups is 1. The quantitative estimate of drug-likeness (QED) is 0.742. The van der Waals surface area contributed by atoms with Crippen molar-refractivity contribution in [3.05, 3.63) is 64.7 Å². The van der Waals surface area contributed by atoms with E-state index in [0.717, 1.165) is 10.6 Å². The van der Waals surface area contributed by atoms with Crippen LogP contribution in [0, 0.1) is 0 Å². The number of rotatable bonds is 2. The van der Waals surface area contributed by atoms with Crippen LogP contribution >= 0.6 is 23.4 Å². The molecule has 0 radical (unpaired) electrons. The molecule has 0 saturated carbocycles. The van der Waals surface area contributed by atoms with Crippen LogP contribution in [0.1, 0.15) is 17.5 Å². The lowest BCUT2D eigenvalue weighted by Crippen LogP contribution is -1.99. The summed E-state index contributed by atoms with van der Waals surface area (Å²) in [5, 5.41) is 9.82. The summed E-state index contributed by atoms with van der Waals surface area (Å²) >= 11 is 7.88. The first-order valence-corrected chi connectivity index (χ1v) is 7.37. The molecule has 1 aliphatic rings. The largest absolute Gasteiger partial charge is 0.396 e. The standard InChI is InChI=1S/C16H13ClOS/c17-11-7-8-16-14(10-11)12(5-3-9-18)13-4-1-2-6-15(13)19-16/h1-2,4-8,10,18H,3,9H2/b12-5-. The van der Waals surface area contributed by atoms with Crippen LogP contribution < -0.4 is 0 Å². The maximum atomic E-state index is 9.07. The molecule has 0 aliphatic carbocycles. The van der Waals surface area contributed by atoms with Crippen LogP contribution in [-0.4, -0.2) is 11.7 Å². The third kappa shape index (κ3) is 2.44. The van der Waals surface area contributed by atoms with E-state index in [0.29, 0.717) is 6.42 Å². The van der Waals surface area contributed by atoms with Crippen molar-refractivity contribution >= 4 is 28.9 Å². The number of hydrogen-bond acceptors (Lipinski definition) is 2. The average molecular weight is 289 g/mol. The molecule has 0 atom stereocenters. The zero-order chi connectivity index (χ0) is 13.2. The normalized spacial score (nSPS) is 15.2. The van der Waals surface area contributed by atoms with Crippen molar-refractivity contribution in [3.8, 4) is 0 Å². The maximum absolute atomic E-state index is 9.07. The van der Waals surface area contributed by atoms with Crippen LogP contribution in [-0.2, 0) is 0 Å². The summed E-state index contributed by atoms with van der Waals surface area (Å²) < 4.78 is 0. The lowest BCUT2D eigenvalue weighted by molar-refractivity contribution is 0.303. The third-order valence-corrected chi connectivity index (χ3v) is 4.49. The van der Waals surface area contributed by atoms with Crippen LogP contribution in [0.5, 0.6) is 0 Å². The molecule has 0 unspecified atom stereocenters. The fraction of sp³-hybridized carbons (Fsp3) is 0.125. The van der Waals surface area contributed by atoms with Gasteiger partial charge in [-0.25, -0.2) is 0 Å². The van der Waals surface area contributed by atoms with Gasteiger partial charge in [0.25, 0.3) is 0 Å². The molecule has 1 nitrogen and oxygen atoms in total. The summed E-state index contributed by atoms with van der Waals surface area (Å²) in [7, 11) is 0. The van der Waals surface area contributed by atoms with Crippen LogP contribution in [0.3, 0.4) is 0 Å². The van der Waals surface area contributed by atoms with Crippen LogP contribution in [0.4, 0.5) is 0 Å². The van der Waals surface area contributed by atoms with Gasteiger partial charge in [0.2, 0.25) is 0 Å². The number of fused-ring (bicyclic) bond motifs is 2. The Balaban J connectivity index is 2.19. The van der Waals surface area contributed by atoms with Crippen molar-refractivity contribution in [2.75, 3.05) is 6.61 Å². The summed E-state index contributed by atoms with van der Waals surface area (Å²) in [5.74, 6) is 0. The van der Waals surface area contributed by atoms with E-state index < -0.39 is 0 Å². The summed E-state index contributed by atoms with van der Waals surface area (Å²) in [4.78, 5) is 2.47. The van der Waals surface area contributed by atoms with Crippen molar-refractivity contribution in [1.29, 1.82) is 0 Å². The van der Waals surface area contributed by atoms with E-state index in [1.807, 2.05) is 18.2 Å². The Morgan fingerprint density at radius 3 is 2.68 bits per heavy atom. The van der Waals surface area contributed by atoms with Crippen LogP contribution in [0.25, 0.3) is 5.57 Å². The molecule has 2 aromatic rings. The first kappa shape index (κ1) is 12.8. The lowest BCUT2D eigenvalue weighted by atomic mass is 9.96. The van der Waals surface area contributed by atoms with Gasteiger partial charge < -0.3 is 5.11 Å². The van der Waals surface area contributed by atoms with Gasteiger partial charge >= 0.3 is 0 Å². The van der Waals surface area contributed by atoms with Gasteiger partial charge in [-0.15, -0.1) is 0 Å². The third-order valence-electron chi connectivity index (χ3n) is 3.11. The van der Waals surface area contributed by atoms with Crippen LogP contribution in [0.15, 0.2) is 58.3 Å². The number of aliphatic hydroxyl groups excluding tert-OH is 1. The molecule has 0 aromatic heterocycles. The van der Waals surface area contributed by atoms with E-state index in [4.69, 9.17) is 16.7 Å². The van der Waals surface area contributed by atoms with E-state index in [9.17, 15) is 0 Å². The lowest BCUT2D eigenvalue weighted by Gasteiger charge is -2.22. The monoisotopic (exact) mass is 288 g/mol. The maximum Gasteiger partial charge on any atom is 0.0465 e. The van der Waals surface area contributed by atoms with E-state index in [1.54, 1.807) is 11.8 Å². The highest BCUT2D eigenvalue weighted by atomic mass is 35.5. The van der Waals surface area contributed by atoms with Crippen molar-refractivity contribution in [2.24, 2.45) is 0 Å². The first-order chi connectivity index (χ1) is 9.29. The Labute approximate surface area is 121 Å².